The van der Waals surface area contributed by atoms with Crippen LogP contribution >= 0.6 is 11.6 Å². The molecule has 1 aromatic carbocycles. The van der Waals surface area contributed by atoms with Gasteiger partial charge in [-0.2, -0.15) is 0 Å². The fraction of sp³-hybridized carbons (Fsp3) is 0.600. The van der Waals surface area contributed by atoms with Crippen LogP contribution in [0.1, 0.15) is 25.7 Å². The largest absolute Gasteiger partial charge is 0.495 e. The van der Waals surface area contributed by atoms with Crippen LogP contribution in [-0.2, 0) is 4.74 Å². The molecule has 0 radical (unpaired) electrons. The third kappa shape index (κ3) is 3.93. The van der Waals surface area contributed by atoms with Crippen molar-refractivity contribution >= 4 is 17.3 Å². The van der Waals surface area contributed by atoms with Gasteiger partial charge in [0.05, 0.1) is 31.0 Å². The Labute approximate surface area is 125 Å². The average molecular weight is 300 g/mol. The summed E-state index contributed by atoms with van der Waals surface area (Å²) in [5.41, 5.74) is 0.894. The van der Waals surface area contributed by atoms with Crippen molar-refractivity contribution in [1.29, 1.82) is 0 Å². The summed E-state index contributed by atoms with van der Waals surface area (Å²) in [5.74, 6) is 1.36. The molecule has 20 heavy (non-hydrogen) atoms. The number of methoxy groups -OCH3 is 2. The van der Waals surface area contributed by atoms with Gasteiger partial charge in [-0.15, -0.1) is 0 Å². The molecule has 1 aliphatic heterocycles. The molecule has 0 amide bonds. The van der Waals surface area contributed by atoms with Crippen LogP contribution in [0.4, 0.5) is 5.69 Å². The van der Waals surface area contributed by atoms with Crippen molar-refractivity contribution in [3.05, 3.63) is 17.2 Å². The number of hydrogen-bond acceptors (Lipinski definition) is 4. The van der Waals surface area contributed by atoms with E-state index in [1.54, 1.807) is 20.3 Å². The van der Waals surface area contributed by atoms with Crippen molar-refractivity contribution < 1.29 is 14.2 Å². The lowest BCUT2D eigenvalue weighted by Crippen LogP contribution is -2.09. The highest BCUT2D eigenvalue weighted by Crippen LogP contribution is 2.35. The van der Waals surface area contributed by atoms with E-state index in [1.807, 2.05) is 6.07 Å². The molecule has 4 nitrogen and oxygen atoms in total. The molecule has 1 aliphatic rings. The van der Waals surface area contributed by atoms with E-state index in [1.165, 1.54) is 12.8 Å². The predicted molar refractivity (Wildman–Crippen MR) is 81.3 cm³/mol. The number of benzene rings is 1. The highest BCUT2D eigenvalue weighted by atomic mass is 35.5. The number of ether oxygens (including phenoxy) is 3. The first-order valence-electron chi connectivity index (χ1n) is 7.01. The molecule has 0 aliphatic carbocycles. The summed E-state index contributed by atoms with van der Waals surface area (Å²) in [4.78, 5) is 0. The smallest absolute Gasteiger partial charge is 0.145 e. The average Bonchev–Trinajstić information content (AvgIpc) is 2.97. The van der Waals surface area contributed by atoms with Crippen LogP contribution in [0.3, 0.4) is 0 Å². The first kappa shape index (κ1) is 15.3. The van der Waals surface area contributed by atoms with Crippen LogP contribution in [0.25, 0.3) is 0 Å². The fourth-order valence-corrected chi connectivity index (χ4v) is 2.66. The van der Waals surface area contributed by atoms with E-state index in [2.05, 4.69) is 5.32 Å². The zero-order valence-corrected chi connectivity index (χ0v) is 12.8. The van der Waals surface area contributed by atoms with Gasteiger partial charge in [0.1, 0.15) is 11.5 Å². The standard InChI is InChI=1S/C15H22ClNO3/c1-18-14-10-15(19-2)13(9-12(14)16)17-7-3-5-11-6-4-8-20-11/h9-11,17H,3-8H2,1-2H3. The first-order chi connectivity index (χ1) is 9.74. The van der Waals surface area contributed by atoms with Gasteiger partial charge in [-0.1, -0.05) is 11.6 Å². The minimum absolute atomic E-state index is 0.443. The fourth-order valence-electron chi connectivity index (χ4n) is 2.42. The Balaban J connectivity index is 1.86. The molecule has 1 saturated heterocycles. The summed E-state index contributed by atoms with van der Waals surface area (Å²) in [7, 11) is 3.23. The number of hydrogen-bond donors (Lipinski definition) is 1. The molecule has 112 valence electrons. The van der Waals surface area contributed by atoms with Gasteiger partial charge < -0.3 is 19.5 Å². The second kappa shape index (κ2) is 7.60. The van der Waals surface area contributed by atoms with Gasteiger partial charge in [0, 0.05) is 19.2 Å². The van der Waals surface area contributed by atoms with Gasteiger partial charge in [-0.05, 0) is 31.7 Å². The summed E-state index contributed by atoms with van der Waals surface area (Å²) in [6.45, 7) is 1.79. The zero-order chi connectivity index (χ0) is 14.4. The summed E-state index contributed by atoms with van der Waals surface area (Å²) in [6, 6.07) is 3.63. The van der Waals surface area contributed by atoms with Crippen LogP contribution in [-0.4, -0.2) is 33.5 Å². The van der Waals surface area contributed by atoms with Gasteiger partial charge in [-0.25, -0.2) is 0 Å². The van der Waals surface area contributed by atoms with Gasteiger partial charge in [0.25, 0.3) is 0 Å². The monoisotopic (exact) mass is 299 g/mol. The van der Waals surface area contributed by atoms with Gasteiger partial charge in [0.2, 0.25) is 0 Å². The van der Waals surface area contributed by atoms with E-state index in [0.717, 1.165) is 37.4 Å². The Morgan fingerprint density at radius 3 is 2.75 bits per heavy atom. The van der Waals surface area contributed by atoms with E-state index in [4.69, 9.17) is 25.8 Å². The number of halogens is 1. The van der Waals surface area contributed by atoms with Crippen molar-refractivity contribution in [2.75, 3.05) is 32.7 Å². The Bertz CT molecular complexity index is 433. The summed E-state index contributed by atoms with van der Waals surface area (Å²) in [5, 5.41) is 3.94. The Morgan fingerprint density at radius 2 is 2.10 bits per heavy atom. The Kier molecular flexibility index (Phi) is 5.80. The number of nitrogens with one attached hydrogen (secondary N) is 1. The maximum Gasteiger partial charge on any atom is 0.145 e. The normalized spacial score (nSPS) is 18.1. The van der Waals surface area contributed by atoms with Crippen molar-refractivity contribution in [3.8, 4) is 11.5 Å². The van der Waals surface area contributed by atoms with E-state index in [0.29, 0.717) is 16.9 Å². The molecule has 0 spiro atoms. The topological polar surface area (TPSA) is 39.7 Å². The molecule has 1 fully saturated rings. The minimum Gasteiger partial charge on any atom is -0.495 e. The highest BCUT2D eigenvalue weighted by molar-refractivity contribution is 6.32. The van der Waals surface area contributed by atoms with Crippen molar-refractivity contribution in [2.45, 2.75) is 31.8 Å². The Morgan fingerprint density at radius 1 is 1.30 bits per heavy atom. The lowest BCUT2D eigenvalue weighted by atomic mass is 10.1. The summed E-state index contributed by atoms with van der Waals surface area (Å²) in [6.07, 6.45) is 4.99. The molecule has 1 atom stereocenters. The van der Waals surface area contributed by atoms with Crippen LogP contribution < -0.4 is 14.8 Å². The van der Waals surface area contributed by atoms with Crippen molar-refractivity contribution in [3.63, 3.8) is 0 Å². The van der Waals surface area contributed by atoms with Gasteiger partial charge in [-0.3, -0.25) is 0 Å². The predicted octanol–water partition coefficient (Wildman–Crippen LogP) is 3.73. The molecular formula is C15H22ClNO3. The number of anilines is 1. The molecule has 1 heterocycles. The molecule has 5 heteroatoms. The molecular weight excluding hydrogens is 278 g/mol. The third-order valence-electron chi connectivity index (χ3n) is 3.52. The van der Waals surface area contributed by atoms with Gasteiger partial charge >= 0.3 is 0 Å². The van der Waals surface area contributed by atoms with E-state index in [9.17, 15) is 0 Å². The molecule has 0 aromatic heterocycles. The second-order valence-corrected chi connectivity index (χ2v) is 5.30. The maximum absolute atomic E-state index is 6.13. The first-order valence-corrected chi connectivity index (χ1v) is 7.39. The molecule has 0 saturated carbocycles. The minimum atomic E-state index is 0.443. The van der Waals surface area contributed by atoms with E-state index >= 15 is 0 Å². The highest BCUT2D eigenvalue weighted by Gasteiger charge is 2.15. The van der Waals surface area contributed by atoms with Crippen LogP contribution in [0.5, 0.6) is 11.5 Å². The SMILES string of the molecule is COc1cc(OC)c(NCCCC2CCCO2)cc1Cl. The molecule has 1 N–H and O–H groups in total. The maximum atomic E-state index is 6.13. The lowest BCUT2D eigenvalue weighted by Gasteiger charge is -2.14. The molecule has 2 rings (SSSR count). The van der Waals surface area contributed by atoms with Gasteiger partial charge in [0.15, 0.2) is 0 Å². The summed E-state index contributed by atoms with van der Waals surface area (Å²) < 4.78 is 16.1. The van der Waals surface area contributed by atoms with Crippen molar-refractivity contribution in [2.24, 2.45) is 0 Å². The molecule has 0 bridgehead atoms. The van der Waals surface area contributed by atoms with E-state index in [-0.39, 0.29) is 0 Å². The van der Waals surface area contributed by atoms with E-state index < -0.39 is 0 Å². The Hall–Kier alpha value is -1.13. The second-order valence-electron chi connectivity index (χ2n) is 4.89. The van der Waals surface area contributed by atoms with Crippen molar-refractivity contribution in [1.82, 2.24) is 0 Å². The molecule has 1 unspecified atom stereocenters. The summed E-state index contributed by atoms with van der Waals surface area (Å²) >= 11 is 6.13. The lowest BCUT2D eigenvalue weighted by molar-refractivity contribution is 0.103. The zero-order valence-electron chi connectivity index (χ0n) is 12.1. The van der Waals surface area contributed by atoms with Crippen LogP contribution in [0.2, 0.25) is 5.02 Å². The third-order valence-corrected chi connectivity index (χ3v) is 3.81. The quantitative estimate of drug-likeness (QED) is 0.779. The van der Waals surface area contributed by atoms with Crippen LogP contribution in [0.15, 0.2) is 12.1 Å². The number of rotatable bonds is 7. The van der Waals surface area contributed by atoms with Crippen LogP contribution in [0, 0.1) is 0 Å². The molecule has 1 aromatic rings.